The number of halogens is 1. The Labute approximate surface area is 107 Å². The van der Waals surface area contributed by atoms with E-state index in [1.54, 1.807) is 0 Å². The summed E-state index contributed by atoms with van der Waals surface area (Å²) in [4.78, 5) is 2.23. The standard InChI is InChI=1S/C13H18ClNO2/c14-12-5-1-2-6-13(12)17-9-8-15-7-3-4-11(16)10-15/h1-2,5-6,11,16H,3-4,7-10H2/t11-/m1/s1. The van der Waals surface area contributed by atoms with Crippen LogP contribution < -0.4 is 4.74 Å². The number of ether oxygens (including phenoxy) is 1. The molecule has 1 saturated heterocycles. The third-order valence-corrected chi connectivity index (χ3v) is 3.29. The van der Waals surface area contributed by atoms with Crippen LogP contribution in [-0.4, -0.2) is 42.4 Å². The van der Waals surface area contributed by atoms with Crippen LogP contribution in [0.15, 0.2) is 24.3 Å². The zero-order chi connectivity index (χ0) is 12.1. The van der Waals surface area contributed by atoms with Gasteiger partial charge in [0, 0.05) is 13.1 Å². The first-order valence-corrected chi connectivity index (χ1v) is 6.41. The summed E-state index contributed by atoms with van der Waals surface area (Å²) in [6.07, 6.45) is 1.80. The van der Waals surface area contributed by atoms with Crippen molar-refractivity contribution in [2.45, 2.75) is 18.9 Å². The summed E-state index contributed by atoms with van der Waals surface area (Å²) in [5.41, 5.74) is 0. The van der Waals surface area contributed by atoms with Gasteiger partial charge in [-0.25, -0.2) is 0 Å². The van der Waals surface area contributed by atoms with E-state index >= 15 is 0 Å². The van der Waals surface area contributed by atoms with Crippen molar-refractivity contribution in [3.05, 3.63) is 29.3 Å². The number of β-amino-alcohol motifs (C(OH)–C–C–N with tert-alkyl or cyclic N) is 1. The maximum absolute atomic E-state index is 9.54. The third-order valence-electron chi connectivity index (χ3n) is 2.98. The highest BCUT2D eigenvalue weighted by molar-refractivity contribution is 6.32. The number of likely N-dealkylation sites (tertiary alicyclic amines) is 1. The van der Waals surface area contributed by atoms with Crippen molar-refractivity contribution in [2.24, 2.45) is 0 Å². The molecule has 1 aromatic rings. The summed E-state index contributed by atoms with van der Waals surface area (Å²) < 4.78 is 5.62. The molecule has 1 atom stereocenters. The van der Waals surface area contributed by atoms with Gasteiger partial charge in [-0.15, -0.1) is 0 Å². The average Bonchev–Trinajstić information content (AvgIpc) is 2.32. The number of rotatable bonds is 4. The minimum atomic E-state index is -0.177. The summed E-state index contributed by atoms with van der Waals surface area (Å²) in [6, 6.07) is 7.48. The van der Waals surface area contributed by atoms with Crippen LogP contribution in [0.1, 0.15) is 12.8 Å². The molecule has 0 amide bonds. The van der Waals surface area contributed by atoms with Crippen LogP contribution in [0.25, 0.3) is 0 Å². The first-order chi connectivity index (χ1) is 8.25. The van der Waals surface area contributed by atoms with Crippen molar-refractivity contribution in [3.63, 3.8) is 0 Å². The molecular weight excluding hydrogens is 238 g/mol. The number of aliphatic hydroxyl groups is 1. The van der Waals surface area contributed by atoms with Crippen LogP contribution >= 0.6 is 11.6 Å². The lowest BCUT2D eigenvalue weighted by Gasteiger charge is -2.29. The van der Waals surface area contributed by atoms with Gasteiger partial charge < -0.3 is 9.84 Å². The molecule has 0 aliphatic carbocycles. The predicted molar refractivity (Wildman–Crippen MR) is 68.6 cm³/mol. The van der Waals surface area contributed by atoms with Crippen molar-refractivity contribution in [2.75, 3.05) is 26.2 Å². The van der Waals surface area contributed by atoms with E-state index in [2.05, 4.69) is 4.90 Å². The van der Waals surface area contributed by atoms with Gasteiger partial charge in [-0.2, -0.15) is 0 Å². The van der Waals surface area contributed by atoms with E-state index in [-0.39, 0.29) is 6.10 Å². The Morgan fingerprint density at radius 3 is 3.00 bits per heavy atom. The van der Waals surface area contributed by atoms with Crippen molar-refractivity contribution in [1.82, 2.24) is 4.90 Å². The summed E-state index contributed by atoms with van der Waals surface area (Å²) in [5.74, 6) is 0.728. The topological polar surface area (TPSA) is 32.7 Å². The van der Waals surface area contributed by atoms with Crippen molar-refractivity contribution >= 4 is 11.6 Å². The number of piperidine rings is 1. The zero-order valence-electron chi connectivity index (χ0n) is 9.81. The predicted octanol–water partition coefficient (Wildman–Crippen LogP) is 2.18. The molecule has 0 unspecified atom stereocenters. The van der Waals surface area contributed by atoms with Gasteiger partial charge in [-0.05, 0) is 31.5 Å². The van der Waals surface area contributed by atoms with E-state index in [0.717, 1.165) is 38.2 Å². The number of hydrogen-bond donors (Lipinski definition) is 1. The van der Waals surface area contributed by atoms with Crippen LogP contribution in [0.2, 0.25) is 5.02 Å². The molecule has 1 aliphatic rings. The molecule has 0 spiro atoms. The highest BCUT2D eigenvalue weighted by atomic mass is 35.5. The van der Waals surface area contributed by atoms with Gasteiger partial charge in [0.05, 0.1) is 11.1 Å². The second-order valence-corrected chi connectivity index (χ2v) is 4.78. The molecule has 0 radical (unpaired) electrons. The molecule has 1 fully saturated rings. The molecule has 4 heteroatoms. The monoisotopic (exact) mass is 255 g/mol. The fourth-order valence-electron chi connectivity index (χ4n) is 2.08. The minimum absolute atomic E-state index is 0.177. The largest absolute Gasteiger partial charge is 0.491 e. The van der Waals surface area contributed by atoms with E-state index in [0.29, 0.717) is 11.6 Å². The molecule has 3 nitrogen and oxygen atoms in total. The number of hydrogen-bond acceptors (Lipinski definition) is 3. The average molecular weight is 256 g/mol. The van der Waals surface area contributed by atoms with Crippen LogP contribution in [0.5, 0.6) is 5.75 Å². The molecule has 1 heterocycles. The van der Waals surface area contributed by atoms with E-state index < -0.39 is 0 Å². The Balaban J connectivity index is 1.74. The lowest BCUT2D eigenvalue weighted by atomic mass is 10.1. The first kappa shape index (κ1) is 12.7. The van der Waals surface area contributed by atoms with Gasteiger partial charge >= 0.3 is 0 Å². The quantitative estimate of drug-likeness (QED) is 0.895. The maximum atomic E-state index is 9.54. The Morgan fingerprint density at radius 2 is 2.24 bits per heavy atom. The molecule has 17 heavy (non-hydrogen) atoms. The molecule has 0 bridgehead atoms. The van der Waals surface area contributed by atoms with E-state index in [1.165, 1.54) is 0 Å². The van der Waals surface area contributed by atoms with Gasteiger partial charge in [0.2, 0.25) is 0 Å². The summed E-state index contributed by atoms with van der Waals surface area (Å²) >= 11 is 5.99. The second kappa shape index (κ2) is 6.24. The van der Waals surface area contributed by atoms with Crippen LogP contribution in [0.4, 0.5) is 0 Å². The highest BCUT2D eigenvalue weighted by Crippen LogP contribution is 2.23. The summed E-state index contributed by atoms with van der Waals surface area (Å²) in [7, 11) is 0. The lowest BCUT2D eigenvalue weighted by molar-refractivity contribution is 0.0633. The van der Waals surface area contributed by atoms with E-state index in [9.17, 15) is 5.11 Å². The van der Waals surface area contributed by atoms with Crippen molar-refractivity contribution in [3.8, 4) is 5.75 Å². The van der Waals surface area contributed by atoms with E-state index in [4.69, 9.17) is 16.3 Å². The molecule has 0 saturated carbocycles. The Hall–Kier alpha value is -0.770. The fraction of sp³-hybridized carbons (Fsp3) is 0.538. The zero-order valence-corrected chi connectivity index (χ0v) is 10.6. The third kappa shape index (κ3) is 3.87. The minimum Gasteiger partial charge on any atom is -0.491 e. The fourth-order valence-corrected chi connectivity index (χ4v) is 2.27. The molecule has 1 aliphatic heterocycles. The van der Waals surface area contributed by atoms with Gasteiger partial charge in [0.1, 0.15) is 12.4 Å². The Bertz CT molecular complexity index is 359. The molecule has 2 rings (SSSR count). The van der Waals surface area contributed by atoms with E-state index in [1.807, 2.05) is 24.3 Å². The summed E-state index contributed by atoms with van der Waals surface area (Å²) in [5, 5.41) is 10.2. The Morgan fingerprint density at radius 1 is 1.41 bits per heavy atom. The van der Waals surface area contributed by atoms with Crippen molar-refractivity contribution < 1.29 is 9.84 Å². The summed E-state index contributed by atoms with van der Waals surface area (Å²) in [6.45, 7) is 3.24. The molecule has 0 aromatic heterocycles. The first-order valence-electron chi connectivity index (χ1n) is 6.03. The normalized spacial score (nSPS) is 21.4. The number of aliphatic hydroxyl groups excluding tert-OH is 1. The van der Waals surface area contributed by atoms with Crippen LogP contribution in [0.3, 0.4) is 0 Å². The van der Waals surface area contributed by atoms with Gasteiger partial charge in [-0.3, -0.25) is 4.90 Å². The van der Waals surface area contributed by atoms with Crippen LogP contribution in [0, 0.1) is 0 Å². The maximum Gasteiger partial charge on any atom is 0.137 e. The Kier molecular flexibility index (Phi) is 4.66. The smallest absolute Gasteiger partial charge is 0.137 e. The highest BCUT2D eigenvalue weighted by Gasteiger charge is 2.17. The molecule has 1 N–H and O–H groups in total. The SMILES string of the molecule is O[C@@H]1CCCN(CCOc2ccccc2Cl)C1. The number of para-hydroxylation sites is 1. The second-order valence-electron chi connectivity index (χ2n) is 4.38. The van der Waals surface area contributed by atoms with Gasteiger partial charge in [0.15, 0.2) is 0 Å². The number of nitrogens with zero attached hydrogens (tertiary/aromatic N) is 1. The van der Waals surface area contributed by atoms with Gasteiger partial charge in [0.25, 0.3) is 0 Å². The molecule has 1 aromatic carbocycles. The van der Waals surface area contributed by atoms with Gasteiger partial charge in [-0.1, -0.05) is 23.7 Å². The lowest BCUT2D eigenvalue weighted by Crippen LogP contribution is -2.40. The molecular formula is C13H18ClNO2. The molecule has 94 valence electrons. The van der Waals surface area contributed by atoms with Crippen molar-refractivity contribution in [1.29, 1.82) is 0 Å². The number of benzene rings is 1. The van der Waals surface area contributed by atoms with Crippen LogP contribution in [-0.2, 0) is 0 Å².